The molecule has 0 spiro atoms. The molecule has 10 nitrogen and oxygen atoms in total. The van der Waals surface area contributed by atoms with Gasteiger partial charge in [-0.15, -0.1) is 15.9 Å². The Kier molecular flexibility index (Phi) is 11.6. The summed E-state index contributed by atoms with van der Waals surface area (Å²) >= 11 is 5.05. The zero-order chi connectivity index (χ0) is 38.8. The molecule has 0 aliphatic heterocycles. The SMILES string of the molecule is CC(C)(C)[n+]1ccn2ncccc21.CC(C)(C)c1nc2c(N)ncnc2s1.CC(C)(C)c1nc2ccccc2s1.CC(C)(C)c1nc2cccnc2s1. The van der Waals surface area contributed by atoms with Crippen molar-refractivity contribution in [2.45, 2.75) is 105 Å². The Morgan fingerprint density at radius 2 is 1.19 bits per heavy atom. The summed E-state index contributed by atoms with van der Waals surface area (Å²) in [5.74, 6) is 0.460. The minimum atomic E-state index is 0.0395. The van der Waals surface area contributed by atoms with E-state index < -0.39 is 0 Å². The molecule has 0 bridgehead atoms. The van der Waals surface area contributed by atoms with Crippen LogP contribution < -0.4 is 10.3 Å². The lowest BCUT2D eigenvalue weighted by Crippen LogP contribution is -2.49. The van der Waals surface area contributed by atoms with Crippen LogP contribution in [0.25, 0.3) is 36.6 Å². The van der Waals surface area contributed by atoms with Crippen molar-refractivity contribution in [2.24, 2.45) is 0 Å². The lowest BCUT2D eigenvalue weighted by atomic mass is 9.98. The monoisotopic (exact) mass is 767 g/mol. The Hall–Kier alpha value is -4.46. The molecule has 0 amide bonds. The Bertz CT molecular complexity index is 2270. The molecule has 278 valence electrons. The molecule has 53 heavy (non-hydrogen) atoms. The van der Waals surface area contributed by atoms with E-state index in [1.54, 1.807) is 40.2 Å². The molecule has 0 fully saturated rings. The van der Waals surface area contributed by atoms with Crippen molar-refractivity contribution >= 4 is 76.4 Å². The minimum absolute atomic E-state index is 0.0395. The van der Waals surface area contributed by atoms with Gasteiger partial charge >= 0.3 is 5.65 Å². The minimum Gasteiger partial charge on any atom is -0.382 e. The summed E-state index contributed by atoms with van der Waals surface area (Å²) in [4.78, 5) is 27.8. The average molecular weight is 768 g/mol. The molecule has 7 aromatic heterocycles. The molecule has 2 N–H and O–H groups in total. The van der Waals surface area contributed by atoms with Crippen LogP contribution in [0, 0.1) is 0 Å². The van der Waals surface area contributed by atoms with E-state index in [4.69, 9.17) is 5.73 Å². The number of para-hydroxylation sites is 1. The Morgan fingerprint density at radius 3 is 1.81 bits per heavy atom. The maximum absolute atomic E-state index is 5.71. The normalized spacial score (nSPS) is 12.2. The predicted molar refractivity (Wildman–Crippen MR) is 223 cm³/mol. The first kappa shape index (κ1) is 39.7. The Morgan fingerprint density at radius 1 is 0.604 bits per heavy atom. The van der Waals surface area contributed by atoms with E-state index in [1.165, 1.54) is 16.0 Å². The maximum Gasteiger partial charge on any atom is 0.307 e. The van der Waals surface area contributed by atoms with Gasteiger partial charge in [-0.2, -0.15) is 0 Å². The number of pyridine rings is 1. The molecular formula is C40H51N10S3+. The van der Waals surface area contributed by atoms with Crippen LogP contribution in [0.15, 0.2) is 79.6 Å². The van der Waals surface area contributed by atoms with Crippen LogP contribution in [0.2, 0.25) is 0 Å². The second-order valence-corrected chi connectivity index (χ2v) is 19.7. The highest BCUT2D eigenvalue weighted by atomic mass is 32.1. The zero-order valence-corrected chi connectivity index (χ0v) is 35.3. The number of thiazole rings is 3. The van der Waals surface area contributed by atoms with Gasteiger partial charge in [-0.25, -0.2) is 34.5 Å². The van der Waals surface area contributed by atoms with Crippen molar-refractivity contribution < 1.29 is 4.57 Å². The van der Waals surface area contributed by atoms with E-state index in [2.05, 4.69) is 153 Å². The number of nitrogen functional groups attached to an aromatic ring is 1. The van der Waals surface area contributed by atoms with Crippen molar-refractivity contribution in [2.75, 3.05) is 5.73 Å². The molecule has 0 saturated carbocycles. The number of rotatable bonds is 0. The molecule has 7 heterocycles. The fraction of sp³-hybridized carbons (Fsp3) is 0.400. The molecule has 8 rings (SSSR count). The number of aromatic nitrogens is 9. The van der Waals surface area contributed by atoms with E-state index in [0.29, 0.717) is 5.82 Å². The van der Waals surface area contributed by atoms with E-state index in [1.807, 2.05) is 41.2 Å². The van der Waals surface area contributed by atoms with Crippen LogP contribution in [0.3, 0.4) is 0 Å². The van der Waals surface area contributed by atoms with Crippen LogP contribution in [-0.2, 0) is 21.8 Å². The number of anilines is 1. The van der Waals surface area contributed by atoms with Gasteiger partial charge in [-0.05, 0) is 51.1 Å². The molecule has 1 aromatic carbocycles. The fourth-order valence-corrected chi connectivity index (χ4v) is 7.79. The first-order valence-electron chi connectivity index (χ1n) is 17.5. The smallest absolute Gasteiger partial charge is 0.307 e. The number of nitrogens with zero attached hydrogens (tertiary/aromatic N) is 9. The molecule has 0 aliphatic carbocycles. The van der Waals surface area contributed by atoms with Gasteiger partial charge < -0.3 is 5.73 Å². The van der Waals surface area contributed by atoms with E-state index in [9.17, 15) is 0 Å². The number of hydrogen-bond donors (Lipinski definition) is 1. The van der Waals surface area contributed by atoms with Crippen LogP contribution in [0.5, 0.6) is 0 Å². The highest BCUT2D eigenvalue weighted by molar-refractivity contribution is 7.19. The number of imidazole rings is 1. The second kappa shape index (κ2) is 15.5. The summed E-state index contributed by atoms with van der Waals surface area (Å²) in [7, 11) is 0. The van der Waals surface area contributed by atoms with Crippen molar-refractivity contribution in [3.8, 4) is 0 Å². The topological polar surface area (TPSA) is 125 Å². The van der Waals surface area contributed by atoms with E-state index in [-0.39, 0.29) is 21.8 Å². The number of hydrogen-bond acceptors (Lipinski definition) is 11. The van der Waals surface area contributed by atoms with Gasteiger partial charge in [0.1, 0.15) is 48.8 Å². The highest BCUT2D eigenvalue weighted by Crippen LogP contribution is 2.32. The third-order valence-corrected chi connectivity index (χ3v) is 11.9. The van der Waals surface area contributed by atoms with Gasteiger partial charge in [0.15, 0.2) is 12.0 Å². The molecule has 0 unspecified atom stereocenters. The largest absolute Gasteiger partial charge is 0.382 e. The number of fused-ring (bicyclic) bond motifs is 4. The van der Waals surface area contributed by atoms with Crippen molar-refractivity contribution in [3.63, 3.8) is 0 Å². The van der Waals surface area contributed by atoms with Crippen molar-refractivity contribution in [1.29, 1.82) is 0 Å². The van der Waals surface area contributed by atoms with Crippen LogP contribution in [0.4, 0.5) is 5.82 Å². The summed E-state index contributed by atoms with van der Waals surface area (Å²) in [6.07, 6.45) is 9.11. The van der Waals surface area contributed by atoms with Gasteiger partial charge in [0.2, 0.25) is 0 Å². The Balaban J connectivity index is 0.000000136. The highest BCUT2D eigenvalue weighted by Gasteiger charge is 2.23. The van der Waals surface area contributed by atoms with Gasteiger partial charge in [-0.3, -0.25) is 0 Å². The lowest BCUT2D eigenvalue weighted by Gasteiger charge is -2.14. The van der Waals surface area contributed by atoms with Crippen LogP contribution in [0.1, 0.15) is 98.1 Å². The fourth-order valence-electron chi connectivity index (χ4n) is 4.83. The third-order valence-electron chi connectivity index (χ3n) is 7.69. The molecule has 0 atom stereocenters. The first-order chi connectivity index (χ1) is 24.7. The molecule has 0 aliphatic rings. The molecule has 0 saturated heterocycles. The third kappa shape index (κ3) is 9.95. The average Bonchev–Trinajstić information content (AvgIpc) is 3.88. The van der Waals surface area contributed by atoms with Gasteiger partial charge in [0.05, 0.1) is 21.4 Å². The van der Waals surface area contributed by atoms with Gasteiger partial charge in [0.25, 0.3) is 0 Å². The quantitative estimate of drug-likeness (QED) is 0.151. The van der Waals surface area contributed by atoms with Crippen LogP contribution >= 0.6 is 34.0 Å². The maximum atomic E-state index is 5.71. The molecule has 8 aromatic rings. The standard InChI is InChI=1S/C11H13NS.C10H14N3.C10H12N2S.C9H12N4S/c1-11(2,3)10-12-8-6-4-5-7-9(8)13-10;1-10(2,3)12-7-8-13-9(12)5-4-6-11-13;1-10(2,3)9-12-7-5-4-6-11-8(7)13-9;1-9(2,3)8-13-5-6(10)11-4-12-7(5)14-8/h4-7H,1-3H3;4-8H,1-3H3;4-6H,1-3H3;4H,1-3H3,(H2,10,11,12)/q;+1;;. The van der Waals surface area contributed by atoms with Gasteiger partial charge in [0, 0.05) is 28.5 Å². The molecule has 13 heteroatoms. The Labute approximate surface area is 324 Å². The molecular weight excluding hydrogens is 717 g/mol. The summed E-state index contributed by atoms with van der Waals surface area (Å²) in [5.41, 5.74) is 10.1. The number of benzene rings is 1. The summed E-state index contributed by atoms with van der Waals surface area (Å²) in [5, 5.41) is 7.62. The lowest BCUT2D eigenvalue weighted by molar-refractivity contribution is -0.730. The summed E-state index contributed by atoms with van der Waals surface area (Å²) in [6.45, 7) is 26.0. The number of nitrogens with two attached hydrogens (primary N) is 1. The molecule has 0 radical (unpaired) electrons. The van der Waals surface area contributed by atoms with E-state index in [0.717, 1.165) is 41.9 Å². The zero-order valence-electron chi connectivity index (χ0n) is 32.8. The first-order valence-corrected chi connectivity index (χ1v) is 20.0. The predicted octanol–water partition coefficient (Wildman–Crippen LogP) is 9.93. The van der Waals surface area contributed by atoms with Gasteiger partial charge in [-0.1, -0.05) is 102 Å². The second-order valence-electron chi connectivity index (χ2n) is 16.7. The van der Waals surface area contributed by atoms with Crippen LogP contribution in [-0.4, -0.2) is 39.5 Å². The summed E-state index contributed by atoms with van der Waals surface area (Å²) < 4.78 is 5.37. The van der Waals surface area contributed by atoms with E-state index >= 15 is 0 Å². The van der Waals surface area contributed by atoms with Crippen molar-refractivity contribution in [1.82, 2.24) is 39.5 Å². The summed E-state index contributed by atoms with van der Waals surface area (Å²) in [6, 6.07) is 16.3. The van der Waals surface area contributed by atoms with Crippen molar-refractivity contribution in [3.05, 3.63) is 94.7 Å².